The van der Waals surface area contributed by atoms with Crippen LogP contribution in [0.3, 0.4) is 0 Å². The zero-order chi connectivity index (χ0) is 18.6. The van der Waals surface area contributed by atoms with Crippen LogP contribution in [0.2, 0.25) is 0 Å². The number of carbonyl (C=O) groups excluding carboxylic acids is 1. The number of aliphatic carboxylic acids is 1. The smallest absolute Gasteiger partial charge is 0.306 e. The molecular formula is C19H25NO5. The lowest BCUT2D eigenvalue weighted by Crippen LogP contribution is -2.45. The van der Waals surface area contributed by atoms with Gasteiger partial charge in [-0.25, -0.2) is 0 Å². The molecule has 136 valence electrons. The Kier molecular flexibility index (Phi) is 6.07. The van der Waals surface area contributed by atoms with E-state index in [1.165, 1.54) is 7.11 Å². The van der Waals surface area contributed by atoms with Crippen LogP contribution >= 0.6 is 0 Å². The molecule has 1 aromatic carbocycles. The lowest BCUT2D eigenvalue weighted by atomic mass is 9.86. The number of nitrogens with zero attached hydrogens (tertiary/aromatic N) is 1. The van der Waals surface area contributed by atoms with E-state index < -0.39 is 11.9 Å². The predicted octanol–water partition coefficient (Wildman–Crippen LogP) is 2.62. The molecule has 1 amide bonds. The van der Waals surface area contributed by atoms with Crippen molar-refractivity contribution in [2.24, 2.45) is 11.8 Å². The first-order valence-corrected chi connectivity index (χ1v) is 8.30. The molecule has 2 rings (SSSR count). The van der Waals surface area contributed by atoms with Crippen molar-refractivity contribution in [3.8, 4) is 11.5 Å². The van der Waals surface area contributed by atoms with Crippen molar-refractivity contribution in [2.45, 2.75) is 19.8 Å². The van der Waals surface area contributed by atoms with E-state index >= 15 is 0 Å². The van der Waals surface area contributed by atoms with Gasteiger partial charge in [-0.2, -0.15) is 0 Å². The SMILES string of the molecule is C=CCc1cc(C(=O)N2CCC(C(=O)O)C(C)C2)cc(OC)c1OC. The summed E-state index contributed by atoms with van der Waals surface area (Å²) in [5.74, 6) is -0.301. The average Bonchev–Trinajstić information content (AvgIpc) is 2.60. The molecule has 1 N–H and O–H groups in total. The molecule has 2 unspecified atom stereocenters. The van der Waals surface area contributed by atoms with E-state index in [2.05, 4.69) is 6.58 Å². The van der Waals surface area contributed by atoms with Crippen LogP contribution in [0.25, 0.3) is 0 Å². The fourth-order valence-electron chi connectivity index (χ4n) is 3.35. The minimum absolute atomic E-state index is 0.0806. The van der Waals surface area contributed by atoms with Gasteiger partial charge in [0.15, 0.2) is 11.5 Å². The van der Waals surface area contributed by atoms with Crippen LogP contribution < -0.4 is 9.47 Å². The predicted molar refractivity (Wildman–Crippen MR) is 94.3 cm³/mol. The van der Waals surface area contributed by atoms with Crippen molar-refractivity contribution in [1.82, 2.24) is 4.90 Å². The Balaban J connectivity index is 2.28. The molecule has 1 saturated heterocycles. The maximum Gasteiger partial charge on any atom is 0.306 e. The van der Waals surface area contributed by atoms with E-state index in [-0.39, 0.29) is 11.8 Å². The zero-order valence-electron chi connectivity index (χ0n) is 14.9. The Bertz CT molecular complexity index is 670. The first-order chi connectivity index (χ1) is 11.9. The third-order valence-electron chi connectivity index (χ3n) is 4.68. The Morgan fingerprint density at radius 2 is 2.08 bits per heavy atom. The number of carbonyl (C=O) groups is 2. The van der Waals surface area contributed by atoms with Gasteiger partial charge in [0.2, 0.25) is 0 Å². The van der Waals surface area contributed by atoms with E-state index in [9.17, 15) is 14.7 Å². The quantitative estimate of drug-likeness (QED) is 0.801. The Hall–Kier alpha value is -2.50. The van der Waals surface area contributed by atoms with Crippen LogP contribution in [0, 0.1) is 11.8 Å². The first-order valence-electron chi connectivity index (χ1n) is 8.30. The molecule has 1 fully saturated rings. The normalized spacial score (nSPS) is 20.0. The number of rotatable bonds is 6. The molecule has 0 aromatic heterocycles. The van der Waals surface area contributed by atoms with Crippen molar-refractivity contribution < 1.29 is 24.2 Å². The van der Waals surface area contributed by atoms with Crippen molar-refractivity contribution in [2.75, 3.05) is 27.3 Å². The highest BCUT2D eigenvalue weighted by Gasteiger charge is 2.33. The minimum atomic E-state index is -0.793. The second-order valence-electron chi connectivity index (χ2n) is 6.33. The van der Waals surface area contributed by atoms with Gasteiger partial charge in [0.25, 0.3) is 5.91 Å². The number of ether oxygens (including phenoxy) is 2. The molecule has 0 spiro atoms. The summed E-state index contributed by atoms with van der Waals surface area (Å²) < 4.78 is 10.8. The third-order valence-corrected chi connectivity index (χ3v) is 4.68. The highest BCUT2D eigenvalue weighted by Crippen LogP contribution is 2.34. The molecule has 25 heavy (non-hydrogen) atoms. The maximum absolute atomic E-state index is 12.9. The number of amides is 1. The fraction of sp³-hybridized carbons (Fsp3) is 0.474. The summed E-state index contributed by atoms with van der Waals surface area (Å²) in [5.41, 5.74) is 1.34. The summed E-state index contributed by atoms with van der Waals surface area (Å²) in [7, 11) is 3.09. The summed E-state index contributed by atoms with van der Waals surface area (Å²) in [5, 5.41) is 9.23. The van der Waals surface area contributed by atoms with Crippen LogP contribution in [-0.4, -0.2) is 49.2 Å². The third kappa shape index (κ3) is 3.95. The zero-order valence-corrected chi connectivity index (χ0v) is 14.9. The number of carboxylic acids is 1. The van der Waals surface area contributed by atoms with Gasteiger partial charge in [0.1, 0.15) is 0 Å². The molecule has 6 nitrogen and oxygen atoms in total. The van der Waals surface area contributed by atoms with Gasteiger partial charge in [0.05, 0.1) is 20.1 Å². The summed E-state index contributed by atoms with van der Waals surface area (Å²) in [6.45, 7) is 6.48. The molecule has 0 aliphatic carbocycles. The molecule has 0 saturated carbocycles. The molecule has 6 heteroatoms. The Morgan fingerprint density at radius 3 is 2.60 bits per heavy atom. The number of likely N-dealkylation sites (tertiary alicyclic amines) is 1. The van der Waals surface area contributed by atoms with Gasteiger partial charge in [-0.3, -0.25) is 9.59 Å². The van der Waals surface area contributed by atoms with Crippen molar-refractivity contribution in [3.05, 3.63) is 35.9 Å². The van der Waals surface area contributed by atoms with Gasteiger partial charge < -0.3 is 19.5 Å². The summed E-state index contributed by atoms with van der Waals surface area (Å²) in [6.07, 6.45) is 2.76. The number of piperidine rings is 1. The number of methoxy groups -OCH3 is 2. The average molecular weight is 347 g/mol. The Morgan fingerprint density at radius 1 is 1.36 bits per heavy atom. The standard InChI is InChI=1S/C19H25NO5/c1-5-6-13-9-14(10-16(24-3)17(13)25-4)18(21)20-8-7-15(19(22)23)12(2)11-20/h5,9-10,12,15H,1,6-8,11H2,2-4H3,(H,22,23). The highest BCUT2D eigenvalue weighted by atomic mass is 16.5. The molecule has 0 radical (unpaired) electrons. The number of hydrogen-bond acceptors (Lipinski definition) is 4. The number of allylic oxidation sites excluding steroid dienone is 1. The number of carboxylic acid groups (broad SMARTS) is 1. The van der Waals surface area contributed by atoms with E-state index in [1.807, 2.05) is 6.92 Å². The van der Waals surface area contributed by atoms with Crippen LogP contribution in [0.5, 0.6) is 11.5 Å². The van der Waals surface area contributed by atoms with Gasteiger partial charge in [0, 0.05) is 24.2 Å². The first kappa shape index (κ1) is 18.8. The largest absolute Gasteiger partial charge is 0.493 e. The van der Waals surface area contributed by atoms with Gasteiger partial charge in [-0.15, -0.1) is 6.58 Å². The lowest BCUT2D eigenvalue weighted by Gasteiger charge is -2.35. The maximum atomic E-state index is 12.9. The fourth-order valence-corrected chi connectivity index (χ4v) is 3.35. The number of benzene rings is 1. The van der Waals surface area contributed by atoms with E-state index in [0.29, 0.717) is 43.0 Å². The van der Waals surface area contributed by atoms with E-state index in [4.69, 9.17) is 9.47 Å². The van der Waals surface area contributed by atoms with Gasteiger partial charge >= 0.3 is 5.97 Å². The molecule has 1 aromatic rings. The molecule has 1 aliphatic heterocycles. The van der Waals surface area contributed by atoms with Crippen molar-refractivity contribution in [1.29, 1.82) is 0 Å². The number of hydrogen-bond donors (Lipinski definition) is 1. The van der Waals surface area contributed by atoms with Crippen molar-refractivity contribution in [3.63, 3.8) is 0 Å². The summed E-state index contributed by atoms with van der Waals surface area (Å²) in [4.78, 5) is 25.9. The van der Waals surface area contributed by atoms with E-state index in [1.54, 1.807) is 30.2 Å². The Labute approximate surface area is 148 Å². The summed E-state index contributed by atoms with van der Waals surface area (Å²) in [6, 6.07) is 3.46. The van der Waals surface area contributed by atoms with Gasteiger partial charge in [-0.05, 0) is 30.9 Å². The molecule has 2 atom stereocenters. The second-order valence-corrected chi connectivity index (χ2v) is 6.33. The van der Waals surface area contributed by atoms with Crippen LogP contribution in [0.4, 0.5) is 0 Å². The van der Waals surface area contributed by atoms with Crippen molar-refractivity contribution >= 4 is 11.9 Å². The van der Waals surface area contributed by atoms with Crippen LogP contribution in [0.1, 0.15) is 29.3 Å². The molecular weight excluding hydrogens is 322 g/mol. The second kappa shape index (κ2) is 8.05. The van der Waals surface area contributed by atoms with Gasteiger partial charge in [-0.1, -0.05) is 13.0 Å². The highest BCUT2D eigenvalue weighted by molar-refractivity contribution is 5.95. The van der Waals surface area contributed by atoms with E-state index in [0.717, 1.165) is 5.56 Å². The van der Waals surface area contributed by atoms with Crippen LogP contribution in [0.15, 0.2) is 24.8 Å². The monoisotopic (exact) mass is 347 g/mol. The molecule has 1 heterocycles. The summed E-state index contributed by atoms with van der Waals surface area (Å²) >= 11 is 0. The minimum Gasteiger partial charge on any atom is -0.493 e. The molecule has 0 bridgehead atoms. The lowest BCUT2D eigenvalue weighted by molar-refractivity contribution is -0.145. The van der Waals surface area contributed by atoms with Crippen LogP contribution in [-0.2, 0) is 11.2 Å². The molecule has 1 aliphatic rings. The topological polar surface area (TPSA) is 76.1 Å².